The van der Waals surface area contributed by atoms with E-state index in [0.29, 0.717) is 0 Å². The molecule has 0 aliphatic carbocycles. The molecule has 1 rings (SSSR count). The SMILES string of the molecule is NC(Cc1ccc(Cl)cc1OC(F)(F)F)C(=O)O. The standard InChI is InChI=1S/C10H9ClF3NO3/c11-6-2-1-5(3-7(15)9(16)17)8(4-6)18-10(12,13)14/h1-2,4,7H,3,15H2,(H,16,17). The topological polar surface area (TPSA) is 72.5 Å². The molecule has 100 valence electrons. The van der Waals surface area contributed by atoms with Gasteiger partial charge in [-0.05, 0) is 17.7 Å². The molecule has 1 unspecified atom stereocenters. The molecule has 4 nitrogen and oxygen atoms in total. The van der Waals surface area contributed by atoms with Gasteiger partial charge in [0.05, 0.1) is 0 Å². The molecular weight excluding hydrogens is 275 g/mol. The Morgan fingerprint density at radius 1 is 1.50 bits per heavy atom. The van der Waals surface area contributed by atoms with Crippen molar-refractivity contribution in [2.45, 2.75) is 18.8 Å². The number of aliphatic carboxylic acids is 1. The third kappa shape index (κ3) is 4.42. The van der Waals surface area contributed by atoms with Gasteiger partial charge in [0.25, 0.3) is 0 Å². The molecule has 1 atom stereocenters. The Balaban J connectivity index is 3.00. The summed E-state index contributed by atoms with van der Waals surface area (Å²) in [5.74, 6) is -1.87. The first-order chi connectivity index (χ1) is 8.19. The summed E-state index contributed by atoms with van der Waals surface area (Å²) in [5.41, 5.74) is 5.27. The molecule has 0 amide bonds. The molecule has 0 fully saturated rings. The van der Waals surface area contributed by atoms with Gasteiger partial charge < -0.3 is 15.6 Å². The number of halogens is 4. The van der Waals surface area contributed by atoms with Gasteiger partial charge in [0.15, 0.2) is 0 Å². The van der Waals surface area contributed by atoms with Gasteiger partial charge in [-0.15, -0.1) is 13.2 Å². The molecule has 0 aliphatic heterocycles. The van der Waals surface area contributed by atoms with Crippen molar-refractivity contribution in [1.82, 2.24) is 0 Å². The maximum atomic E-state index is 12.1. The quantitative estimate of drug-likeness (QED) is 0.888. The maximum Gasteiger partial charge on any atom is 0.573 e. The number of carboxylic acid groups (broad SMARTS) is 1. The Morgan fingerprint density at radius 2 is 2.11 bits per heavy atom. The summed E-state index contributed by atoms with van der Waals surface area (Å²) in [5, 5.41) is 8.65. The molecule has 1 aromatic carbocycles. The van der Waals surface area contributed by atoms with Crippen molar-refractivity contribution in [1.29, 1.82) is 0 Å². The second kappa shape index (κ2) is 5.45. The lowest BCUT2D eigenvalue weighted by Crippen LogP contribution is -2.32. The fourth-order valence-corrected chi connectivity index (χ4v) is 1.40. The van der Waals surface area contributed by atoms with E-state index in [-0.39, 0.29) is 17.0 Å². The van der Waals surface area contributed by atoms with Gasteiger partial charge in [0, 0.05) is 11.4 Å². The lowest BCUT2D eigenvalue weighted by atomic mass is 10.1. The number of alkyl halides is 3. The molecule has 0 aromatic heterocycles. The smallest absolute Gasteiger partial charge is 0.480 e. The van der Waals surface area contributed by atoms with Crippen LogP contribution in [0.4, 0.5) is 13.2 Å². The van der Waals surface area contributed by atoms with Gasteiger partial charge in [-0.1, -0.05) is 17.7 Å². The van der Waals surface area contributed by atoms with Crippen LogP contribution in [-0.2, 0) is 11.2 Å². The van der Waals surface area contributed by atoms with E-state index in [2.05, 4.69) is 4.74 Å². The summed E-state index contributed by atoms with van der Waals surface area (Å²) in [6.07, 6.45) is -5.18. The number of carbonyl (C=O) groups is 1. The first-order valence-electron chi connectivity index (χ1n) is 4.71. The molecule has 0 bridgehead atoms. The minimum absolute atomic E-state index is 0.0200. The van der Waals surface area contributed by atoms with Crippen LogP contribution in [0.25, 0.3) is 0 Å². The minimum atomic E-state index is -4.88. The van der Waals surface area contributed by atoms with E-state index in [9.17, 15) is 18.0 Å². The zero-order valence-electron chi connectivity index (χ0n) is 8.87. The Bertz CT molecular complexity index is 450. The Hall–Kier alpha value is -1.47. The van der Waals surface area contributed by atoms with Crippen molar-refractivity contribution < 1.29 is 27.8 Å². The van der Waals surface area contributed by atoms with Gasteiger partial charge >= 0.3 is 12.3 Å². The number of hydrogen-bond donors (Lipinski definition) is 2. The highest BCUT2D eigenvalue weighted by atomic mass is 35.5. The third-order valence-electron chi connectivity index (χ3n) is 2.01. The van der Waals surface area contributed by atoms with Gasteiger partial charge in [-0.3, -0.25) is 4.79 Å². The van der Waals surface area contributed by atoms with Crippen molar-refractivity contribution in [3.8, 4) is 5.75 Å². The molecule has 1 aromatic rings. The van der Waals surface area contributed by atoms with E-state index >= 15 is 0 Å². The first-order valence-corrected chi connectivity index (χ1v) is 5.09. The number of benzene rings is 1. The van der Waals surface area contributed by atoms with Crippen LogP contribution in [0.3, 0.4) is 0 Å². The van der Waals surface area contributed by atoms with Gasteiger partial charge in [0.2, 0.25) is 0 Å². The average Bonchev–Trinajstić information content (AvgIpc) is 2.19. The van der Waals surface area contributed by atoms with Crippen LogP contribution >= 0.6 is 11.6 Å². The second-order valence-corrected chi connectivity index (χ2v) is 3.89. The van der Waals surface area contributed by atoms with Crippen LogP contribution in [-0.4, -0.2) is 23.5 Å². The first kappa shape index (κ1) is 14.6. The molecule has 0 saturated carbocycles. The predicted molar refractivity (Wildman–Crippen MR) is 57.5 cm³/mol. The lowest BCUT2D eigenvalue weighted by Gasteiger charge is -2.14. The second-order valence-electron chi connectivity index (χ2n) is 3.45. The molecule has 0 radical (unpaired) electrons. The number of ether oxygens (including phenoxy) is 1. The number of carboxylic acids is 1. The van der Waals surface area contributed by atoms with E-state index in [1.807, 2.05) is 0 Å². The largest absolute Gasteiger partial charge is 0.573 e. The summed E-state index contributed by atoms with van der Waals surface area (Å²) in [7, 11) is 0. The summed E-state index contributed by atoms with van der Waals surface area (Å²) < 4.78 is 40.2. The normalized spacial score (nSPS) is 13.2. The van der Waals surface area contributed by atoms with E-state index in [0.717, 1.165) is 6.07 Å². The molecule has 18 heavy (non-hydrogen) atoms. The highest BCUT2D eigenvalue weighted by Crippen LogP contribution is 2.29. The van der Waals surface area contributed by atoms with E-state index in [4.69, 9.17) is 22.4 Å². The summed E-state index contributed by atoms with van der Waals surface area (Å²) in [6.45, 7) is 0. The molecule has 0 heterocycles. The fraction of sp³-hybridized carbons (Fsp3) is 0.300. The number of nitrogens with two attached hydrogens (primary N) is 1. The van der Waals surface area contributed by atoms with Gasteiger partial charge in [0.1, 0.15) is 11.8 Å². The molecular formula is C10H9ClF3NO3. The van der Waals surface area contributed by atoms with Crippen LogP contribution < -0.4 is 10.5 Å². The van der Waals surface area contributed by atoms with Crippen molar-refractivity contribution in [3.63, 3.8) is 0 Å². The summed E-state index contributed by atoms with van der Waals surface area (Å²) >= 11 is 5.55. The number of rotatable bonds is 4. The highest BCUT2D eigenvalue weighted by molar-refractivity contribution is 6.30. The predicted octanol–water partition coefficient (Wildman–Crippen LogP) is 2.19. The fourth-order valence-electron chi connectivity index (χ4n) is 1.24. The van der Waals surface area contributed by atoms with E-state index in [1.165, 1.54) is 12.1 Å². The summed E-state index contributed by atoms with van der Waals surface area (Å²) in [4.78, 5) is 10.6. The monoisotopic (exact) mass is 283 g/mol. The number of hydrogen-bond acceptors (Lipinski definition) is 3. The zero-order chi connectivity index (χ0) is 13.9. The van der Waals surface area contributed by atoms with E-state index < -0.39 is 24.1 Å². The molecule has 0 saturated heterocycles. The van der Waals surface area contributed by atoms with Crippen LogP contribution in [0, 0.1) is 0 Å². The van der Waals surface area contributed by atoms with Gasteiger partial charge in [-0.25, -0.2) is 0 Å². The Kier molecular flexibility index (Phi) is 4.42. The minimum Gasteiger partial charge on any atom is -0.480 e. The Labute approximate surface area is 105 Å². The molecule has 0 aliphatic rings. The van der Waals surface area contributed by atoms with Crippen LogP contribution in [0.2, 0.25) is 5.02 Å². The molecule has 0 spiro atoms. The van der Waals surface area contributed by atoms with Crippen molar-refractivity contribution >= 4 is 17.6 Å². The van der Waals surface area contributed by atoms with Crippen molar-refractivity contribution in [2.24, 2.45) is 5.73 Å². The molecule has 3 N–H and O–H groups in total. The Morgan fingerprint density at radius 3 is 2.61 bits per heavy atom. The lowest BCUT2D eigenvalue weighted by molar-refractivity contribution is -0.274. The van der Waals surface area contributed by atoms with Crippen LogP contribution in [0.15, 0.2) is 18.2 Å². The van der Waals surface area contributed by atoms with Gasteiger partial charge in [-0.2, -0.15) is 0 Å². The third-order valence-corrected chi connectivity index (χ3v) is 2.25. The summed E-state index contributed by atoms with van der Waals surface area (Å²) in [6, 6.07) is 2.21. The van der Waals surface area contributed by atoms with Crippen molar-refractivity contribution in [3.05, 3.63) is 28.8 Å². The maximum absolute atomic E-state index is 12.1. The molecule has 8 heteroatoms. The van der Waals surface area contributed by atoms with Crippen LogP contribution in [0.1, 0.15) is 5.56 Å². The van der Waals surface area contributed by atoms with E-state index in [1.54, 1.807) is 0 Å². The average molecular weight is 284 g/mol. The van der Waals surface area contributed by atoms with Crippen molar-refractivity contribution in [2.75, 3.05) is 0 Å². The van der Waals surface area contributed by atoms with Crippen LogP contribution in [0.5, 0.6) is 5.75 Å². The zero-order valence-corrected chi connectivity index (χ0v) is 9.63. The highest BCUT2D eigenvalue weighted by Gasteiger charge is 2.32.